The molecule has 0 saturated heterocycles. The quantitative estimate of drug-likeness (QED) is 0.645. The fourth-order valence-electron chi connectivity index (χ4n) is 3.02. The number of amides is 1. The Hall–Kier alpha value is -3.27. The summed E-state index contributed by atoms with van der Waals surface area (Å²) in [5.41, 5.74) is 1.13. The van der Waals surface area contributed by atoms with Crippen LogP contribution in [0.2, 0.25) is 0 Å². The van der Waals surface area contributed by atoms with Gasteiger partial charge < -0.3 is 14.8 Å². The number of anilines is 1. The number of sulfone groups is 1. The first kappa shape index (κ1) is 20.5. The van der Waals surface area contributed by atoms with Crippen LogP contribution in [0.1, 0.15) is 0 Å². The minimum atomic E-state index is -3.93. The van der Waals surface area contributed by atoms with E-state index in [1.54, 1.807) is 38.4 Å². The number of imidazole rings is 1. The topological polar surface area (TPSA) is 109 Å². The Morgan fingerprint density at radius 3 is 2.34 bits per heavy atom. The van der Waals surface area contributed by atoms with Gasteiger partial charge in [0.2, 0.25) is 5.91 Å². The second kappa shape index (κ2) is 7.63. The predicted molar refractivity (Wildman–Crippen MR) is 108 cm³/mol. The number of carbonyl (C=O) groups excluding carboxylic acids is 1. The third kappa shape index (κ3) is 3.83. The second-order valence-electron chi connectivity index (χ2n) is 6.42. The number of fused-ring (bicyclic) bond motifs is 1. The molecule has 0 unspecified atom stereocenters. The van der Waals surface area contributed by atoms with E-state index >= 15 is 0 Å². The molecule has 0 saturated carbocycles. The van der Waals surface area contributed by atoms with E-state index in [1.807, 2.05) is 0 Å². The Bertz CT molecular complexity index is 1260. The van der Waals surface area contributed by atoms with Crippen molar-refractivity contribution in [1.82, 2.24) is 9.13 Å². The lowest BCUT2D eigenvalue weighted by Crippen LogP contribution is -2.23. The Morgan fingerprint density at radius 2 is 1.69 bits per heavy atom. The molecule has 0 spiro atoms. The highest BCUT2D eigenvalue weighted by Gasteiger charge is 2.22. The number of carbonyl (C=O) groups is 1. The van der Waals surface area contributed by atoms with Crippen LogP contribution in [-0.2, 0) is 28.7 Å². The molecule has 2 aromatic carbocycles. The fraction of sp³-hybridized carbons (Fsp3) is 0.263. The van der Waals surface area contributed by atoms with Gasteiger partial charge in [0, 0.05) is 20.2 Å². The third-order valence-corrected chi connectivity index (χ3v) is 6.22. The Kier molecular flexibility index (Phi) is 5.38. The van der Waals surface area contributed by atoms with Crippen LogP contribution in [0.3, 0.4) is 0 Å². The molecule has 3 rings (SSSR count). The first-order valence-electron chi connectivity index (χ1n) is 8.58. The number of aromatic nitrogens is 2. The predicted octanol–water partition coefficient (Wildman–Crippen LogP) is 1.31. The number of nitrogens with one attached hydrogen (secondary N) is 1. The van der Waals surface area contributed by atoms with Crippen molar-refractivity contribution in [2.75, 3.05) is 25.3 Å². The van der Waals surface area contributed by atoms with Crippen molar-refractivity contribution in [3.63, 3.8) is 0 Å². The van der Waals surface area contributed by atoms with E-state index in [2.05, 4.69) is 5.32 Å². The molecule has 1 amide bonds. The van der Waals surface area contributed by atoms with E-state index < -0.39 is 21.5 Å². The van der Waals surface area contributed by atoms with Crippen LogP contribution in [0, 0.1) is 0 Å². The van der Waals surface area contributed by atoms with E-state index in [0.717, 1.165) is 0 Å². The highest BCUT2D eigenvalue weighted by molar-refractivity contribution is 7.92. The largest absolute Gasteiger partial charge is 0.497 e. The smallest absolute Gasteiger partial charge is 0.328 e. The Morgan fingerprint density at radius 1 is 1.00 bits per heavy atom. The molecule has 29 heavy (non-hydrogen) atoms. The summed E-state index contributed by atoms with van der Waals surface area (Å²) in [6, 6.07) is 9.10. The van der Waals surface area contributed by atoms with Crippen molar-refractivity contribution < 1.29 is 22.7 Å². The monoisotopic (exact) mass is 419 g/mol. The van der Waals surface area contributed by atoms with Crippen LogP contribution < -0.4 is 20.5 Å². The van der Waals surface area contributed by atoms with E-state index in [0.29, 0.717) is 28.2 Å². The van der Waals surface area contributed by atoms with Crippen molar-refractivity contribution >= 4 is 32.5 Å². The van der Waals surface area contributed by atoms with Gasteiger partial charge in [0.05, 0.1) is 35.8 Å². The lowest BCUT2D eigenvalue weighted by Gasteiger charge is -2.12. The average molecular weight is 419 g/mol. The lowest BCUT2D eigenvalue weighted by atomic mass is 10.2. The zero-order valence-electron chi connectivity index (χ0n) is 16.4. The van der Waals surface area contributed by atoms with Crippen molar-refractivity contribution in [3.05, 3.63) is 46.9 Å². The lowest BCUT2D eigenvalue weighted by molar-refractivity contribution is -0.113. The van der Waals surface area contributed by atoms with Crippen LogP contribution in [-0.4, -0.2) is 43.4 Å². The summed E-state index contributed by atoms with van der Waals surface area (Å²) in [7, 11) is 2.17. The maximum absolute atomic E-state index is 12.7. The number of rotatable bonds is 6. The number of aryl methyl sites for hydroxylation is 2. The molecule has 0 aliphatic heterocycles. The van der Waals surface area contributed by atoms with Crippen molar-refractivity contribution in [2.24, 2.45) is 14.1 Å². The standard InChI is InChI=1S/C19H21N3O6S/c1-21-15-8-6-13(10-16(15)22(2)19(21)24)29(25,26)11-18(23)20-14-7-5-12(27-3)9-17(14)28-4/h5-10H,11H2,1-4H3,(H,20,23). The number of hydrogen-bond acceptors (Lipinski definition) is 6. The highest BCUT2D eigenvalue weighted by atomic mass is 32.2. The zero-order valence-corrected chi connectivity index (χ0v) is 17.2. The third-order valence-electron chi connectivity index (χ3n) is 4.61. The number of hydrogen-bond donors (Lipinski definition) is 1. The normalized spacial score (nSPS) is 11.4. The van der Waals surface area contributed by atoms with Crippen LogP contribution in [0.5, 0.6) is 11.5 Å². The summed E-state index contributed by atoms with van der Waals surface area (Å²) in [5.74, 6) is -0.588. The maximum Gasteiger partial charge on any atom is 0.328 e. The van der Waals surface area contributed by atoms with Gasteiger partial charge in [0.25, 0.3) is 0 Å². The molecule has 9 nitrogen and oxygen atoms in total. The number of benzene rings is 2. The van der Waals surface area contributed by atoms with Crippen molar-refractivity contribution in [2.45, 2.75) is 4.90 Å². The minimum Gasteiger partial charge on any atom is -0.497 e. The molecular weight excluding hydrogens is 398 g/mol. The molecule has 10 heteroatoms. The SMILES string of the molecule is COc1ccc(NC(=O)CS(=O)(=O)c2ccc3c(c2)n(C)c(=O)n3C)c(OC)c1. The maximum atomic E-state index is 12.7. The first-order valence-corrected chi connectivity index (χ1v) is 10.2. The van der Waals surface area contributed by atoms with Gasteiger partial charge in [-0.05, 0) is 30.3 Å². The van der Waals surface area contributed by atoms with E-state index in [9.17, 15) is 18.0 Å². The Balaban J connectivity index is 1.86. The number of ether oxygens (including phenoxy) is 2. The van der Waals surface area contributed by atoms with E-state index in [4.69, 9.17) is 9.47 Å². The first-order chi connectivity index (χ1) is 13.7. The summed E-state index contributed by atoms with van der Waals surface area (Å²) in [6.07, 6.45) is 0. The van der Waals surface area contributed by atoms with Gasteiger partial charge in [0.15, 0.2) is 9.84 Å². The molecule has 0 radical (unpaired) electrons. The van der Waals surface area contributed by atoms with Gasteiger partial charge in [-0.15, -0.1) is 0 Å². The molecular formula is C19H21N3O6S. The summed E-state index contributed by atoms with van der Waals surface area (Å²) >= 11 is 0. The molecule has 1 N–H and O–H groups in total. The average Bonchev–Trinajstić information content (AvgIpc) is 2.91. The summed E-state index contributed by atoms with van der Waals surface area (Å²) in [5, 5.41) is 2.54. The van der Waals surface area contributed by atoms with Crippen molar-refractivity contribution in [1.29, 1.82) is 0 Å². The molecule has 0 fully saturated rings. The molecule has 0 bridgehead atoms. The zero-order chi connectivity index (χ0) is 21.3. The molecule has 0 aliphatic rings. The Labute approximate surface area is 167 Å². The number of methoxy groups -OCH3 is 2. The highest BCUT2D eigenvalue weighted by Crippen LogP contribution is 2.29. The van der Waals surface area contributed by atoms with Gasteiger partial charge >= 0.3 is 5.69 Å². The van der Waals surface area contributed by atoms with Crippen LogP contribution >= 0.6 is 0 Å². The summed E-state index contributed by atoms with van der Waals surface area (Å²) in [4.78, 5) is 24.4. The fourth-order valence-corrected chi connectivity index (χ4v) is 4.17. The van der Waals surface area contributed by atoms with Crippen LogP contribution in [0.4, 0.5) is 5.69 Å². The van der Waals surface area contributed by atoms with Gasteiger partial charge in [-0.25, -0.2) is 13.2 Å². The van der Waals surface area contributed by atoms with Crippen LogP contribution in [0.25, 0.3) is 11.0 Å². The summed E-state index contributed by atoms with van der Waals surface area (Å²) < 4.78 is 38.5. The minimum absolute atomic E-state index is 0.0388. The van der Waals surface area contributed by atoms with Gasteiger partial charge in [0.1, 0.15) is 17.3 Å². The van der Waals surface area contributed by atoms with Crippen LogP contribution in [0.15, 0.2) is 46.1 Å². The van der Waals surface area contributed by atoms with Gasteiger partial charge in [-0.3, -0.25) is 13.9 Å². The van der Waals surface area contributed by atoms with Gasteiger partial charge in [-0.2, -0.15) is 0 Å². The molecule has 1 aromatic heterocycles. The number of nitrogens with zero attached hydrogens (tertiary/aromatic N) is 2. The molecule has 0 aliphatic carbocycles. The molecule has 154 valence electrons. The second-order valence-corrected chi connectivity index (χ2v) is 8.41. The van der Waals surface area contributed by atoms with Crippen molar-refractivity contribution in [3.8, 4) is 11.5 Å². The molecule has 1 heterocycles. The van der Waals surface area contributed by atoms with Gasteiger partial charge in [-0.1, -0.05) is 0 Å². The molecule has 0 atom stereocenters. The van der Waals surface area contributed by atoms with E-state index in [-0.39, 0.29) is 10.6 Å². The van der Waals surface area contributed by atoms with E-state index in [1.165, 1.54) is 35.5 Å². The summed E-state index contributed by atoms with van der Waals surface area (Å²) in [6.45, 7) is 0. The molecule has 3 aromatic rings.